The van der Waals surface area contributed by atoms with Gasteiger partial charge in [-0.3, -0.25) is 4.79 Å². The quantitative estimate of drug-likeness (QED) is 0.556. The number of H-pyrrole nitrogens is 1. The standard InChI is InChI=1S/C21H25ClN6O2/c1-14-9-19(25-13-24-14)28-8-2-7-21(30,12-28)11-23-20(29)6-5-18-26-16-4-3-15(22)10-17(16)27-18/h3-4,9-10,13,30H,2,5-8,11-12H2,1H3,(H,23,29)(H,26,27). The van der Waals surface area contributed by atoms with Crippen LogP contribution in [-0.2, 0) is 11.2 Å². The SMILES string of the molecule is Cc1cc(N2CCCC(O)(CNC(=O)CCc3nc4ccc(Cl)cc4[nH]3)C2)ncn1. The van der Waals surface area contributed by atoms with E-state index in [1.165, 1.54) is 6.33 Å². The van der Waals surface area contributed by atoms with Crippen LogP contribution in [0.3, 0.4) is 0 Å². The van der Waals surface area contributed by atoms with Crippen molar-refractivity contribution in [3.05, 3.63) is 47.1 Å². The van der Waals surface area contributed by atoms with E-state index in [2.05, 4.69) is 25.3 Å². The molecule has 3 heterocycles. The number of piperidine rings is 1. The summed E-state index contributed by atoms with van der Waals surface area (Å²) < 4.78 is 0. The van der Waals surface area contributed by atoms with Crippen molar-refractivity contribution in [2.75, 3.05) is 24.5 Å². The summed E-state index contributed by atoms with van der Waals surface area (Å²) in [4.78, 5) is 30.5. The Morgan fingerprint density at radius 1 is 1.37 bits per heavy atom. The molecule has 1 aromatic carbocycles. The highest BCUT2D eigenvalue weighted by molar-refractivity contribution is 6.31. The number of amides is 1. The van der Waals surface area contributed by atoms with Crippen molar-refractivity contribution in [1.29, 1.82) is 0 Å². The summed E-state index contributed by atoms with van der Waals surface area (Å²) in [6, 6.07) is 7.36. The summed E-state index contributed by atoms with van der Waals surface area (Å²) in [6.07, 6.45) is 3.78. The van der Waals surface area contributed by atoms with Crippen LogP contribution in [0.2, 0.25) is 5.02 Å². The van der Waals surface area contributed by atoms with Crippen LogP contribution >= 0.6 is 11.6 Å². The molecule has 4 rings (SSSR count). The molecule has 1 saturated heterocycles. The predicted octanol–water partition coefficient (Wildman–Crippen LogP) is 2.40. The molecule has 1 amide bonds. The fourth-order valence-corrected chi connectivity index (χ4v) is 3.97. The Labute approximate surface area is 179 Å². The molecule has 1 atom stereocenters. The van der Waals surface area contributed by atoms with Gasteiger partial charge < -0.3 is 20.3 Å². The maximum atomic E-state index is 12.3. The lowest BCUT2D eigenvalue weighted by Gasteiger charge is -2.39. The minimum atomic E-state index is -0.983. The van der Waals surface area contributed by atoms with Gasteiger partial charge >= 0.3 is 0 Å². The fourth-order valence-electron chi connectivity index (χ4n) is 3.80. The third kappa shape index (κ3) is 4.88. The number of aromatic nitrogens is 4. The van der Waals surface area contributed by atoms with Crippen molar-refractivity contribution < 1.29 is 9.90 Å². The van der Waals surface area contributed by atoms with Crippen LogP contribution in [0.4, 0.5) is 5.82 Å². The van der Waals surface area contributed by atoms with Gasteiger partial charge in [0, 0.05) is 49.3 Å². The van der Waals surface area contributed by atoms with Crippen molar-refractivity contribution in [3.8, 4) is 0 Å². The highest BCUT2D eigenvalue weighted by atomic mass is 35.5. The van der Waals surface area contributed by atoms with Gasteiger partial charge in [-0.15, -0.1) is 0 Å². The molecule has 0 radical (unpaired) electrons. The van der Waals surface area contributed by atoms with E-state index < -0.39 is 5.60 Å². The fraction of sp³-hybridized carbons (Fsp3) is 0.429. The van der Waals surface area contributed by atoms with Crippen LogP contribution in [0.1, 0.15) is 30.8 Å². The third-order valence-electron chi connectivity index (χ3n) is 5.37. The normalized spacial score (nSPS) is 19.2. The summed E-state index contributed by atoms with van der Waals surface area (Å²) in [7, 11) is 0. The first-order chi connectivity index (χ1) is 14.4. The number of rotatable bonds is 6. The Bertz CT molecular complexity index is 1050. The number of imidazole rings is 1. The lowest BCUT2D eigenvalue weighted by Crippen LogP contribution is -2.54. The van der Waals surface area contributed by atoms with Gasteiger partial charge in [0.2, 0.25) is 5.91 Å². The second kappa shape index (κ2) is 8.57. The monoisotopic (exact) mass is 428 g/mol. The number of hydrogen-bond donors (Lipinski definition) is 3. The molecular weight excluding hydrogens is 404 g/mol. The summed E-state index contributed by atoms with van der Waals surface area (Å²) in [5.41, 5.74) is 1.58. The summed E-state index contributed by atoms with van der Waals surface area (Å²) >= 11 is 5.99. The largest absolute Gasteiger partial charge is 0.386 e. The second-order valence-corrected chi connectivity index (χ2v) is 8.33. The zero-order valence-electron chi connectivity index (χ0n) is 16.9. The molecular formula is C21H25ClN6O2. The molecule has 1 fully saturated rings. The minimum absolute atomic E-state index is 0.114. The molecule has 0 bridgehead atoms. The van der Waals surface area contributed by atoms with Gasteiger partial charge in [0.15, 0.2) is 0 Å². The highest BCUT2D eigenvalue weighted by Gasteiger charge is 2.34. The number of hydrogen-bond acceptors (Lipinski definition) is 6. The number of aromatic amines is 1. The first kappa shape index (κ1) is 20.6. The van der Waals surface area contributed by atoms with Gasteiger partial charge in [-0.1, -0.05) is 11.6 Å². The Morgan fingerprint density at radius 2 is 2.23 bits per heavy atom. The average molecular weight is 429 g/mol. The number of aliphatic hydroxyl groups is 1. The van der Waals surface area contributed by atoms with E-state index >= 15 is 0 Å². The minimum Gasteiger partial charge on any atom is -0.386 e. The predicted molar refractivity (Wildman–Crippen MR) is 116 cm³/mol. The molecule has 1 unspecified atom stereocenters. The van der Waals surface area contributed by atoms with Crippen molar-refractivity contribution in [3.63, 3.8) is 0 Å². The molecule has 30 heavy (non-hydrogen) atoms. The molecule has 0 spiro atoms. The number of carbonyl (C=O) groups is 1. The number of anilines is 1. The summed E-state index contributed by atoms with van der Waals surface area (Å²) in [5.74, 6) is 1.43. The Balaban J connectivity index is 1.30. The number of nitrogens with zero attached hydrogens (tertiary/aromatic N) is 4. The summed E-state index contributed by atoms with van der Waals surface area (Å²) in [5, 5.41) is 14.5. The number of fused-ring (bicyclic) bond motifs is 1. The highest BCUT2D eigenvalue weighted by Crippen LogP contribution is 2.24. The van der Waals surface area contributed by atoms with Gasteiger partial charge in [0.1, 0.15) is 18.0 Å². The molecule has 0 saturated carbocycles. The molecule has 2 aromatic heterocycles. The van der Waals surface area contributed by atoms with E-state index in [9.17, 15) is 9.90 Å². The molecule has 3 N–H and O–H groups in total. The van der Waals surface area contributed by atoms with Crippen LogP contribution in [0, 0.1) is 6.92 Å². The lowest BCUT2D eigenvalue weighted by atomic mass is 9.92. The molecule has 1 aliphatic rings. The number of β-amino-alcohol motifs (C(OH)–C–C–N with tert-alkyl or cyclic N) is 1. The van der Waals surface area contributed by atoms with Gasteiger partial charge in [0.05, 0.1) is 16.6 Å². The smallest absolute Gasteiger partial charge is 0.220 e. The molecule has 9 heteroatoms. The number of benzene rings is 1. The van der Waals surface area contributed by atoms with Crippen LogP contribution in [0.15, 0.2) is 30.6 Å². The zero-order valence-corrected chi connectivity index (χ0v) is 17.6. The third-order valence-corrected chi connectivity index (χ3v) is 5.60. The second-order valence-electron chi connectivity index (χ2n) is 7.89. The van der Waals surface area contributed by atoms with E-state index in [-0.39, 0.29) is 12.5 Å². The number of aryl methyl sites for hydroxylation is 2. The van der Waals surface area contributed by atoms with E-state index in [1.807, 2.05) is 30.0 Å². The maximum Gasteiger partial charge on any atom is 0.220 e. The molecule has 8 nitrogen and oxygen atoms in total. The van der Waals surface area contributed by atoms with Crippen LogP contribution in [-0.4, -0.2) is 56.2 Å². The first-order valence-corrected chi connectivity index (χ1v) is 10.4. The van der Waals surface area contributed by atoms with E-state index in [1.54, 1.807) is 6.07 Å². The Kier molecular flexibility index (Phi) is 5.87. The molecule has 158 valence electrons. The summed E-state index contributed by atoms with van der Waals surface area (Å²) in [6.45, 7) is 3.37. The van der Waals surface area contributed by atoms with Crippen molar-refractivity contribution in [1.82, 2.24) is 25.3 Å². The van der Waals surface area contributed by atoms with Crippen LogP contribution in [0.25, 0.3) is 11.0 Å². The Morgan fingerprint density at radius 3 is 3.07 bits per heavy atom. The number of nitrogens with one attached hydrogen (secondary N) is 2. The maximum absolute atomic E-state index is 12.3. The van der Waals surface area contributed by atoms with E-state index in [4.69, 9.17) is 11.6 Å². The molecule has 0 aliphatic carbocycles. The van der Waals surface area contributed by atoms with Crippen LogP contribution in [0.5, 0.6) is 0 Å². The van der Waals surface area contributed by atoms with Gasteiger partial charge in [-0.2, -0.15) is 0 Å². The first-order valence-electron chi connectivity index (χ1n) is 10.1. The van der Waals surface area contributed by atoms with Crippen LogP contribution < -0.4 is 10.2 Å². The Hall–Kier alpha value is -2.71. The molecule has 1 aliphatic heterocycles. The van der Waals surface area contributed by atoms with Crippen molar-refractivity contribution >= 4 is 34.4 Å². The van der Waals surface area contributed by atoms with E-state index in [0.29, 0.717) is 30.8 Å². The topological polar surface area (TPSA) is 107 Å². The van der Waals surface area contributed by atoms with E-state index in [0.717, 1.165) is 41.3 Å². The van der Waals surface area contributed by atoms with Crippen molar-refractivity contribution in [2.24, 2.45) is 0 Å². The lowest BCUT2D eigenvalue weighted by molar-refractivity contribution is -0.122. The van der Waals surface area contributed by atoms with Gasteiger partial charge in [0.25, 0.3) is 0 Å². The number of carbonyl (C=O) groups excluding carboxylic acids is 1. The van der Waals surface area contributed by atoms with Gasteiger partial charge in [-0.25, -0.2) is 15.0 Å². The zero-order chi connectivity index (χ0) is 21.1. The number of halogens is 1. The average Bonchev–Trinajstić information content (AvgIpc) is 3.13. The molecule has 3 aromatic rings. The van der Waals surface area contributed by atoms with Gasteiger partial charge in [-0.05, 0) is 38.0 Å². The van der Waals surface area contributed by atoms with Crippen molar-refractivity contribution in [2.45, 2.75) is 38.2 Å².